The first-order valence-corrected chi connectivity index (χ1v) is 4.42. The fourth-order valence-corrected chi connectivity index (χ4v) is 0.873. The van der Waals surface area contributed by atoms with E-state index in [1.54, 1.807) is 23.5 Å². The lowest BCUT2D eigenvalue weighted by atomic mass is 10.3. The van der Waals surface area contributed by atoms with Gasteiger partial charge in [0, 0.05) is 0 Å². The first kappa shape index (κ1) is 12.0. The van der Waals surface area contributed by atoms with Crippen LogP contribution in [-0.4, -0.2) is 28.0 Å². The van der Waals surface area contributed by atoms with Gasteiger partial charge >= 0.3 is 12.1 Å². The van der Waals surface area contributed by atoms with Gasteiger partial charge in [-0.05, 0) is 19.1 Å². The highest BCUT2D eigenvalue weighted by molar-refractivity contribution is 5.82. The number of ether oxygens (including phenoxy) is 1. The number of amides is 1. The van der Waals surface area contributed by atoms with Crippen molar-refractivity contribution in [3.8, 4) is 5.75 Å². The molecule has 1 rings (SSSR count). The van der Waals surface area contributed by atoms with Crippen LogP contribution in [0.3, 0.4) is 0 Å². The van der Waals surface area contributed by atoms with Crippen LogP contribution in [0.15, 0.2) is 30.3 Å². The molecule has 0 radical (unpaired) electrons. The summed E-state index contributed by atoms with van der Waals surface area (Å²) in [4.78, 5) is 21.7. The van der Waals surface area contributed by atoms with Crippen molar-refractivity contribution in [3.63, 3.8) is 0 Å². The molecule has 0 aliphatic heterocycles. The molecule has 16 heavy (non-hydrogen) atoms. The molecular weight excluding hydrogens is 214 g/mol. The number of carboxylic acid groups (broad SMARTS) is 1. The average Bonchev–Trinajstić information content (AvgIpc) is 2.17. The fraction of sp³-hybridized carbons (Fsp3) is 0.200. The summed E-state index contributed by atoms with van der Waals surface area (Å²) in [7, 11) is 0. The van der Waals surface area contributed by atoms with E-state index >= 15 is 0 Å². The van der Waals surface area contributed by atoms with E-state index < -0.39 is 17.8 Å². The van der Waals surface area contributed by atoms with Crippen molar-refractivity contribution in [2.75, 3.05) is 0 Å². The number of aliphatic hydroxyl groups is 1. The fourth-order valence-electron chi connectivity index (χ4n) is 0.873. The second kappa shape index (κ2) is 4.63. The van der Waals surface area contributed by atoms with Crippen molar-refractivity contribution in [2.45, 2.75) is 12.6 Å². The summed E-state index contributed by atoms with van der Waals surface area (Å²) in [5.41, 5.74) is -2.36. The van der Waals surface area contributed by atoms with Gasteiger partial charge in [0.05, 0.1) is 0 Å². The van der Waals surface area contributed by atoms with Gasteiger partial charge in [-0.1, -0.05) is 18.2 Å². The predicted octanol–water partition coefficient (Wildman–Crippen LogP) is 0.568. The molecule has 0 bridgehead atoms. The molecule has 0 aromatic heterocycles. The van der Waals surface area contributed by atoms with Crippen LogP contribution in [0.4, 0.5) is 4.79 Å². The number of aliphatic carboxylic acids is 1. The highest BCUT2D eigenvalue weighted by Crippen LogP contribution is 2.09. The largest absolute Gasteiger partial charge is 0.478 e. The molecular formula is C10H11NO5. The lowest BCUT2D eigenvalue weighted by Gasteiger charge is -2.18. The number of carboxylic acids is 1. The van der Waals surface area contributed by atoms with Crippen LogP contribution in [0, 0.1) is 0 Å². The average molecular weight is 225 g/mol. The van der Waals surface area contributed by atoms with Crippen LogP contribution < -0.4 is 10.1 Å². The number of nitrogens with one attached hydrogen (secondary N) is 1. The van der Waals surface area contributed by atoms with Crippen LogP contribution in [-0.2, 0) is 4.79 Å². The molecule has 0 heterocycles. The van der Waals surface area contributed by atoms with E-state index in [0.717, 1.165) is 6.92 Å². The number of carbonyl (C=O) groups is 2. The van der Waals surface area contributed by atoms with Gasteiger partial charge in [-0.3, -0.25) is 5.32 Å². The van der Waals surface area contributed by atoms with Gasteiger partial charge < -0.3 is 14.9 Å². The number of para-hydroxylation sites is 1. The molecule has 1 aromatic rings. The molecule has 0 saturated carbocycles. The molecule has 0 fully saturated rings. The lowest BCUT2D eigenvalue weighted by Crippen LogP contribution is -2.52. The summed E-state index contributed by atoms with van der Waals surface area (Å²) in [6.45, 7) is 0.932. The van der Waals surface area contributed by atoms with Crippen molar-refractivity contribution >= 4 is 12.1 Å². The maximum atomic E-state index is 11.2. The van der Waals surface area contributed by atoms with Crippen LogP contribution in [0.1, 0.15) is 6.92 Å². The van der Waals surface area contributed by atoms with Crippen molar-refractivity contribution in [2.24, 2.45) is 0 Å². The maximum Gasteiger partial charge on any atom is 0.415 e. The van der Waals surface area contributed by atoms with E-state index in [2.05, 4.69) is 0 Å². The Morgan fingerprint density at radius 1 is 1.31 bits per heavy atom. The minimum absolute atomic E-state index is 0.251. The second-order valence-electron chi connectivity index (χ2n) is 3.20. The van der Waals surface area contributed by atoms with E-state index in [0.29, 0.717) is 0 Å². The summed E-state index contributed by atoms with van der Waals surface area (Å²) < 4.78 is 4.73. The molecule has 1 atom stereocenters. The first-order chi connectivity index (χ1) is 7.42. The molecule has 0 aliphatic carbocycles. The van der Waals surface area contributed by atoms with Crippen molar-refractivity contribution < 1.29 is 24.5 Å². The van der Waals surface area contributed by atoms with E-state index in [1.807, 2.05) is 0 Å². The number of carbonyl (C=O) groups excluding carboxylic acids is 1. The monoisotopic (exact) mass is 225 g/mol. The van der Waals surface area contributed by atoms with Gasteiger partial charge in [0.2, 0.25) is 5.72 Å². The maximum absolute atomic E-state index is 11.2. The molecule has 1 aromatic carbocycles. The molecule has 1 unspecified atom stereocenters. The SMILES string of the molecule is CC(O)(NC(=O)Oc1ccccc1)C(=O)O. The number of hydrogen-bond acceptors (Lipinski definition) is 4. The van der Waals surface area contributed by atoms with E-state index in [4.69, 9.17) is 9.84 Å². The molecule has 0 saturated heterocycles. The number of benzene rings is 1. The quantitative estimate of drug-likeness (QED) is 0.653. The Bertz CT molecular complexity index is 387. The minimum atomic E-state index is -2.36. The third kappa shape index (κ3) is 3.25. The topological polar surface area (TPSA) is 95.9 Å². The zero-order chi connectivity index (χ0) is 12.2. The standard InChI is InChI=1S/C10H11NO5/c1-10(15,8(12)13)11-9(14)16-7-5-3-2-4-6-7/h2-6,15H,1H3,(H,11,14)(H,12,13). The normalized spacial score (nSPS) is 13.6. The second-order valence-corrected chi connectivity index (χ2v) is 3.20. The Morgan fingerprint density at radius 3 is 2.38 bits per heavy atom. The van der Waals surface area contributed by atoms with Crippen LogP contribution in [0.5, 0.6) is 5.75 Å². The van der Waals surface area contributed by atoms with Crippen molar-refractivity contribution in [1.82, 2.24) is 5.32 Å². The van der Waals surface area contributed by atoms with E-state index in [1.165, 1.54) is 12.1 Å². The highest BCUT2D eigenvalue weighted by atomic mass is 16.6. The van der Waals surface area contributed by atoms with Gasteiger partial charge in [-0.15, -0.1) is 0 Å². The first-order valence-electron chi connectivity index (χ1n) is 4.42. The van der Waals surface area contributed by atoms with Gasteiger partial charge in [0.15, 0.2) is 0 Å². The smallest absolute Gasteiger partial charge is 0.415 e. The van der Waals surface area contributed by atoms with E-state index in [-0.39, 0.29) is 5.75 Å². The van der Waals surface area contributed by atoms with Crippen LogP contribution in [0.2, 0.25) is 0 Å². The molecule has 0 aliphatic rings. The highest BCUT2D eigenvalue weighted by Gasteiger charge is 2.32. The van der Waals surface area contributed by atoms with Crippen LogP contribution >= 0.6 is 0 Å². The third-order valence-electron chi connectivity index (χ3n) is 1.72. The molecule has 1 amide bonds. The summed E-state index contributed by atoms with van der Waals surface area (Å²) in [5.74, 6) is -1.32. The van der Waals surface area contributed by atoms with Gasteiger partial charge in [0.25, 0.3) is 0 Å². The number of rotatable bonds is 3. The zero-order valence-electron chi connectivity index (χ0n) is 8.51. The Kier molecular flexibility index (Phi) is 3.47. The summed E-state index contributed by atoms with van der Waals surface area (Å²) in [6, 6.07) is 8.08. The third-order valence-corrected chi connectivity index (χ3v) is 1.72. The van der Waals surface area contributed by atoms with Gasteiger partial charge in [0.1, 0.15) is 5.75 Å². The Hall–Kier alpha value is -2.08. The van der Waals surface area contributed by atoms with E-state index in [9.17, 15) is 14.7 Å². The molecule has 86 valence electrons. The Morgan fingerprint density at radius 2 is 1.88 bits per heavy atom. The molecule has 0 spiro atoms. The minimum Gasteiger partial charge on any atom is -0.478 e. The molecule has 6 heteroatoms. The summed E-state index contributed by atoms with van der Waals surface area (Å²) in [5, 5.41) is 19.6. The van der Waals surface area contributed by atoms with Gasteiger partial charge in [-0.2, -0.15) is 0 Å². The number of hydrogen-bond donors (Lipinski definition) is 3. The zero-order valence-corrected chi connectivity index (χ0v) is 8.51. The summed E-state index contributed by atoms with van der Waals surface area (Å²) >= 11 is 0. The predicted molar refractivity (Wildman–Crippen MR) is 53.9 cm³/mol. The van der Waals surface area contributed by atoms with Crippen molar-refractivity contribution in [3.05, 3.63) is 30.3 Å². The molecule has 3 N–H and O–H groups in total. The summed E-state index contributed by atoms with van der Waals surface area (Å²) in [6.07, 6.45) is -1.04. The lowest BCUT2D eigenvalue weighted by molar-refractivity contribution is -0.158. The Labute approximate surface area is 91.5 Å². The van der Waals surface area contributed by atoms with Crippen LogP contribution in [0.25, 0.3) is 0 Å². The van der Waals surface area contributed by atoms with Gasteiger partial charge in [-0.25, -0.2) is 9.59 Å². The van der Waals surface area contributed by atoms with Crippen molar-refractivity contribution in [1.29, 1.82) is 0 Å². The Balaban J connectivity index is 2.58. The molecule has 6 nitrogen and oxygen atoms in total.